The van der Waals surface area contributed by atoms with E-state index in [-0.39, 0.29) is 5.56 Å². The Morgan fingerprint density at radius 3 is 2.65 bits per heavy atom. The van der Waals surface area contributed by atoms with E-state index in [9.17, 15) is 4.79 Å². The fourth-order valence-electron chi connectivity index (χ4n) is 1.99. The first-order chi connectivity index (χ1) is 9.78. The van der Waals surface area contributed by atoms with Crippen molar-refractivity contribution in [3.8, 4) is 16.9 Å². The molecule has 20 heavy (non-hydrogen) atoms. The third-order valence-electron chi connectivity index (χ3n) is 3.02. The monoisotopic (exact) mass is 283 g/mol. The Bertz CT molecular complexity index is 760. The van der Waals surface area contributed by atoms with Crippen LogP contribution in [0.15, 0.2) is 64.5 Å². The number of pyridine rings is 1. The SMILES string of the molecule is CSc1ccc(-n2[nH]c(-c3cccnc3)cc2=O)cc1. The van der Waals surface area contributed by atoms with Crippen LogP contribution in [0.2, 0.25) is 0 Å². The molecule has 1 N–H and O–H groups in total. The summed E-state index contributed by atoms with van der Waals surface area (Å²) in [5, 5.41) is 3.11. The molecule has 0 spiro atoms. The quantitative estimate of drug-likeness (QED) is 0.752. The number of thioether (sulfide) groups is 1. The standard InChI is InChI=1S/C15H13N3OS/c1-20-13-6-4-12(5-7-13)18-15(19)9-14(17-18)11-3-2-8-16-10-11/h2-10,17H,1H3. The minimum atomic E-state index is -0.0826. The van der Waals surface area contributed by atoms with Gasteiger partial charge in [0, 0.05) is 28.9 Å². The highest BCUT2D eigenvalue weighted by atomic mass is 32.2. The number of aromatic amines is 1. The number of benzene rings is 1. The van der Waals surface area contributed by atoms with E-state index in [0.29, 0.717) is 0 Å². The average molecular weight is 283 g/mol. The lowest BCUT2D eigenvalue weighted by atomic mass is 10.2. The summed E-state index contributed by atoms with van der Waals surface area (Å²) in [6.07, 6.45) is 5.46. The third-order valence-corrected chi connectivity index (χ3v) is 3.77. The Morgan fingerprint density at radius 1 is 1.20 bits per heavy atom. The zero-order valence-corrected chi connectivity index (χ0v) is 11.7. The second-order valence-corrected chi connectivity index (χ2v) is 5.16. The van der Waals surface area contributed by atoms with Crippen molar-refractivity contribution < 1.29 is 0 Å². The summed E-state index contributed by atoms with van der Waals surface area (Å²) in [6.45, 7) is 0. The number of nitrogens with zero attached hydrogens (tertiary/aromatic N) is 2. The van der Waals surface area contributed by atoms with Gasteiger partial charge in [0.2, 0.25) is 0 Å². The summed E-state index contributed by atoms with van der Waals surface area (Å²) in [6, 6.07) is 13.2. The lowest BCUT2D eigenvalue weighted by Crippen LogP contribution is -2.13. The highest BCUT2D eigenvalue weighted by molar-refractivity contribution is 7.98. The second kappa shape index (κ2) is 5.38. The number of rotatable bonds is 3. The van der Waals surface area contributed by atoms with Crippen molar-refractivity contribution in [1.82, 2.24) is 14.8 Å². The molecule has 0 fully saturated rings. The van der Waals surface area contributed by atoms with E-state index in [1.165, 1.54) is 9.58 Å². The van der Waals surface area contributed by atoms with Crippen molar-refractivity contribution in [1.29, 1.82) is 0 Å². The Kier molecular flexibility index (Phi) is 3.43. The summed E-state index contributed by atoms with van der Waals surface area (Å²) < 4.78 is 1.53. The van der Waals surface area contributed by atoms with Gasteiger partial charge < -0.3 is 0 Å². The van der Waals surface area contributed by atoms with Crippen LogP contribution >= 0.6 is 11.8 Å². The summed E-state index contributed by atoms with van der Waals surface area (Å²) in [4.78, 5) is 17.3. The molecule has 0 saturated heterocycles. The molecule has 0 saturated carbocycles. The lowest BCUT2D eigenvalue weighted by Gasteiger charge is -2.03. The Balaban J connectivity index is 2.02. The van der Waals surface area contributed by atoms with Crippen molar-refractivity contribution in [3.63, 3.8) is 0 Å². The first kappa shape index (κ1) is 12.7. The summed E-state index contributed by atoms with van der Waals surface area (Å²) in [5.41, 5.74) is 2.39. The lowest BCUT2D eigenvalue weighted by molar-refractivity contribution is 0.851. The van der Waals surface area contributed by atoms with Gasteiger partial charge in [0.25, 0.3) is 5.56 Å². The normalized spacial score (nSPS) is 10.7. The van der Waals surface area contributed by atoms with E-state index in [1.54, 1.807) is 30.2 Å². The Morgan fingerprint density at radius 2 is 2.00 bits per heavy atom. The fraction of sp³-hybridized carbons (Fsp3) is 0.0667. The minimum Gasteiger partial charge on any atom is -0.290 e. The van der Waals surface area contributed by atoms with E-state index >= 15 is 0 Å². The molecule has 0 atom stereocenters. The zero-order valence-electron chi connectivity index (χ0n) is 10.9. The molecule has 0 aliphatic carbocycles. The summed E-state index contributed by atoms with van der Waals surface area (Å²) in [7, 11) is 0. The fourth-order valence-corrected chi connectivity index (χ4v) is 2.40. The van der Waals surface area contributed by atoms with Gasteiger partial charge >= 0.3 is 0 Å². The molecule has 3 rings (SSSR count). The van der Waals surface area contributed by atoms with E-state index < -0.39 is 0 Å². The van der Waals surface area contributed by atoms with Crippen LogP contribution in [0.1, 0.15) is 0 Å². The van der Waals surface area contributed by atoms with Gasteiger partial charge in [-0.25, -0.2) is 4.68 Å². The zero-order chi connectivity index (χ0) is 13.9. The van der Waals surface area contributed by atoms with Crippen molar-refractivity contribution >= 4 is 11.8 Å². The van der Waals surface area contributed by atoms with E-state index in [0.717, 1.165) is 16.9 Å². The van der Waals surface area contributed by atoms with Crippen LogP contribution in [-0.2, 0) is 0 Å². The van der Waals surface area contributed by atoms with Gasteiger partial charge in [0.15, 0.2) is 0 Å². The first-order valence-corrected chi connectivity index (χ1v) is 7.37. The van der Waals surface area contributed by atoms with Gasteiger partial charge in [-0.2, -0.15) is 0 Å². The average Bonchev–Trinajstić information content (AvgIpc) is 2.90. The van der Waals surface area contributed by atoms with E-state index in [4.69, 9.17) is 0 Å². The predicted octanol–water partition coefficient (Wildman–Crippen LogP) is 2.95. The molecule has 0 amide bonds. The molecule has 1 aromatic carbocycles. The smallest absolute Gasteiger partial charge is 0.271 e. The number of aromatic nitrogens is 3. The summed E-state index contributed by atoms with van der Waals surface area (Å²) in [5.74, 6) is 0. The predicted molar refractivity (Wildman–Crippen MR) is 81.4 cm³/mol. The van der Waals surface area contributed by atoms with Gasteiger partial charge in [-0.1, -0.05) is 0 Å². The second-order valence-electron chi connectivity index (χ2n) is 4.28. The Labute approximate surface area is 120 Å². The number of hydrogen-bond acceptors (Lipinski definition) is 3. The van der Waals surface area contributed by atoms with Crippen LogP contribution in [0.4, 0.5) is 0 Å². The van der Waals surface area contributed by atoms with Crippen LogP contribution in [0, 0.1) is 0 Å². The maximum absolute atomic E-state index is 12.1. The van der Waals surface area contributed by atoms with Crippen molar-refractivity contribution in [2.75, 3.05) is 6.26 Å². The van der Waals surface area contributed by atoms with Gasteiger partial charge in [-0.05, 0) is 42.7 Å². The van der Waals surface area contributed by atoms with Crippen LogP contribution < -0.4 is 5.56 Å². The highest BCUT2D eigenvalue weighted by Crippen LogP contribution is 2.18. The number of hydrogen-bond donors (Lipinski definition) is 1. The minimum absolute atomic E-state index is 0.0826. The largest absolute Gasteiger partial charge is 0.290 e. The van der Waals surface area contributed by atoms with Crippen LogP contribution in [0.25, 0.3) is 16.9 Å². The molecular weight excluding hydrogens is 270 g/mol. The summed E-state index contributed by atoms with van der Waals surface area (Å²) >= 11 is 1.67. The maximum atomic E-state index is 12.1. The van der Waals surface area contributed by atoms with E-state index in [1.807, 2.05) is 42.7 Å². The molecular formula is C15H13N3OS. The molecule has 2 aromatic heterocycles. The van der Waals surface area contributed by atoms with Gasteiger partial charge in [-0.15, -0.1) is 11.8 Å². The molecule has 0 radical (unpaired) electrons. The third kappa shape index (κ3) is 2.40. The molecule has 3 aromatic rings. The van der Waals surface area contributed by atoms with Crippen molar-refractivity contribution in [3.05, 3.63) is 65.2 Å². The van der Waals surface area contributed by atoms with Crippen molar-refractivity contribution in [2.45, 2.75) is 4.90 Å². The Hall–Kier alpha value is -2.27. The molecule has 0 unspecified atom stereocenters. The van der Waals surface area contributed by atoms with Gasteiger partial charge in [0.05, 0.1) is 11.4 Å². The number of nitrogens with one attached hydrogen (secondary N) is 1. The molecule has 2 heterocycles. The van der Waals surface area contributed by atoms with Gasteiger partial charge in [-0.3, -0.25) is 14.9 Å². The van der Waals surface area contributed by atoms with Crippen LogP contribution in [0.3, 0.4) is 0 Å². The topological polar surface area (TPSA) is 50.7 Å². The molecule has 0 bridgehead atoms. The first-order valence-electron chi connectivity index (χ1n) is 6.15. The maximum Gasteiger partial charge on any atom is 0.271 e. The highest BCUT2D eigenvalue weighted by Gasteiger charge is 2.06. The molecule has 0 aliphatic rings. The molecule has 100 valence electrons. The molecule has 0 aliphatic heterocycles. The van der Waals surface area contributed by atoms with Gasteiger partial charge in [0.1, 0.15) is 0 Å². The van der Waals surface area contributed by atoms with Crippen LogP contribution in [-0.4, -0.2) is 21.0 Å². The number of H-pyrrole nitrogens is 1. The van der Waals surface area contributed by atoms with E-state index in [2.05, 4.69) is 10.1 Å². The van der Waals surface area contributed by atoms with Crippen molar-refractivity contribution in [2.24, 2.45) is 0 Å². The molecule has 5 heteroatoms. The van der Waals surface area contributed by atoms with Crippen LogP contribution in [0.5, 0.6) is 0 Å². The molecule has 4 nitrogen and oxygen atoms in total.